The second kappa shape index (κ2) is 12.5. The van der Waals surface area contributed by atoms with Crippen molar-refractivity contribution >= 4 is 23.6 Å². The van der Waals surface area contributed by atoms with Gasteiger partial charge in [0.15, 0.2) is 5.96 Å². The summed E-state index contributed by atoms with van der Waals surface area (Å²) in [6, 6.07) is 0.426. The third-order valence-electron chi connectivity index (χ3n) is 5.64. The monoisotopic (exact) mass is 397 g/mol. The van der Waals surface area contributed by atoms with E-state index in [4.69, 9.17) is 0 Å². The Morgan fingerprint density at radius 1 is 1.19 bits per heavy atom. The number of carbonyl (C=O) groups is 1. The van der Waals surface area contributed by atoms with Crippen LogP contribution in [0.1, 0.15) is 45.4 Å². The number of hydrogen-bond donors (Lipinski definition) is 2. The van der Waals surface area contributed by atoms with E-state index in [-0.39, 0.29) is 5.92 Å². The van der Waals surface area contributed by atoms with E-state index in [0.29, 0.717) is 11.9 Å². The van der Waals surface area contributed by atoms with Gasteiger partial charge in [-0.2, -0.15) is 11.8 Å². The topological polar surface area (TPSA) is 60.0 Å². The first kappa shape index (κ1) is 22.3. The van der Waals surface area contributed by atoms with Crippen molar-refractivity contribution < 1.29 is 4.79 Å². The molecule has 0 unspecified atom stereocenters. The van der Waals surface area contributed by atoms with Gasteiger partial charge in [0, 0.05) is 56.7 Å². The van der Waals surface area contributed by atoms with Crippen molar-refractivity contribution in [2.24, 2.45) is 10.9 Å². The van der Waals surface area contributed by atoms with Crippen molar-refractivity contribution in [3.05, 3.63) is 0 Å². The minimum atomic E-state index is 0.230. The molecule has 0 spiro atoms. The zero-order chi connectivity index (χ0) is 19.5. The molecule has 0 aromatic rings. The Labute approximate surface area is 169 Å². The lowest BCUT2D eigenvalue weighted by atomic mass is 9.85. The van der Waals surface area contributed by atoms with Crippen LogP contribution in [0, 0.1) is 5.92 Å². The molecule has 27 heavy (non-hydrogen) atoms. The van der Waals surface area contributed by atoms with Crippen LogP contribution in [0.5, 0.6) is 0 Å². The maximum Gasteiger partial charge on any atom is 0.225 e. The SMILES string of the molecule is CCCCN(C)CCNC(=NC)NC1CCC(C(=O)N2CCSCC2)CC1. The maximum absolute atomic E-state index is 12.7. The van der Waals surface area contributed by atoms with Crippen LogP contribution in [0.4, 0.5) is 0 Å². The summed E-state index contributed by atoms with van der Waals surface area (Å²) in [5.74, 6) is 3.71. The highest BCUT2D eigenvalue weighted by Gasteiger charge is 2.30. The van der Waals surface area contributed by atoms with Gasteiger partial charge in [0.2, 0.25) is 5.91 Å². The highest BCUT2D eigenvalue weighted by atomic mass is 32.2. The molecule has 0 aromatic carbocycles. The maximum atomic E-state index is 12.7. The molecule has 1 saturated heterocycles. The van der Waals surface area contributed by atoms with Crippen LogP contribution in [0.15, 0.2) is 4.99 Å². The number of nitrogens with zero attached hydrogens (tertiary/aromatic N) is 3. The molecule has 1 aliphatic carbocycles. The molecular weight excluding hydrogens is 358 g/mol. The Kier molecular flexibility index (Phi) is 10.3. The highest BCUT2D eigenvalue weighted by Crippen LogP contribution is 2.27. The fourth-order valence-corrected chi connectivity index (χ4v) is 4.72. The van der Waals surface area contributed by atoms with E-state index in [9.17, 15) is 4.79 Å². The number of rotatable bonds is 8. The number of aliphatic imine (C=N–C) groups is 1. The normalized spacial score (nSPS) is 24.1. The van der Waals surface area contributed by atoms with E-state index in [1.807, 2.05) is 18.8 Å². The van der Waals surface area contributed by atoms with Crippen LogP contribution >= 0.6 is 11.8 Å². The Morgan fingerprint density at radius 2 is 1.89 bits per heavy atom. The lowest BCUT2D eigenvalue weighted by molar-refractivity contribution is -0.136. The molecule has 0 atom stereocenters. The van der Waals surface area contributed by atoms with E-state index < -0.39 is 0 Å². The molecular formula is C20H39N5OS. The summed E-state index contributed by atoms with van der Waals surface area (Å²) < 4.78 is 0. The fraction of sp³-hybridized carbons (Fsp3) is 0.900. The molecule has 6 nitrogen and oxygen atoms in total. The summed E-state index contributed by atoms with van der Waals surface area (Å²) in [6.07, 6.45) is 6.59. The van der Waals surface area contributed by atoms with Gasteiger partial charge in [0.05, 0.1) is 0 Å². The van der Waals surface area contributed by atoms with E-state index >= 15 is 0 Å². The number of nitrogens with one attached hydrogen (secondary N) is 2. The quantitative estimate of drug-likeness (QED) is 0.485. The molecule has 1 aliphatic heterocycles. The van der Waals surface area contributed by atoms with Gasteiger partial charge in [0.1, 0.15) is 0 Å². The summed E-state index contributed by atoms with van der Waals surface area (Å²) in [5.41, 5.74) is 0. The number of likely N-dealkylation sites (N-methyl/N-ethyl adjacent to an activating group) is 1. The summed E-state index contributed by atoms with van der Waals surface area (Å²) in [4.78, 5) is 21.5. The molecule has 2 N–H and O–H groups in total. The number of guanidine groups is 1. The predicted octanol–water partition coefficient (Wildman–Crippen LogP) is 2.02. The van der Waals surface area contributed by atoms with Crippen LogP contribution in [-0.4, -0.2) is 86.0 Å². The molecule has 0 bridgehead atoms. The third-order valence-corrected chi connectivity index (χ3v) is 6.59. The van der Waals surface area contributed by atoms with Crippen LogP contribution in [0.2, 0.25) is 0 Å². The van der Waals surface area contributed by atoms with E-state index in [1.165, 1.54) is 12.8 Å². The van der Waals surface area contributed by atoms with Crippen molar-refractivity contribution in [2.45, 2.75) is 51.5 Å². The molecule has 0 radical (unpaired) electrons. The molecule has 1 amide bonds. The van der Waals surface area contributed by atoms with Crippen LogP contribution in [0.3, 0.4) is 0 Å². The van der Waals surface area contributed by atoms with E-state index in [2.05, 4.69) is 39.4 Å². The van der Waals surface area contributed by atoms with Gasteiger partial charge in [-0.15, -0.1) is 0 Å². The Hall–Kier alpha value is -0.950. The number of hydrogen-bond acceptors (Lipinski definition) is 4. The largest absolute Gasteiger partial charge is 0.355 e. The summed E-state index contributed by atoms with van der Waals surface area (Å²) in [7, 11) is 4.01. The second-order valence-electron chi connectivity index (χ2n) is 7.79. The average molecular weight is 398 g/mol. The lowest BCUT2D eigenvalue weighted by Crippen LogP contribution is -2.48. The summed E-state index contributed by atoms with van der Waals surface area (Å²) in [5, 5.41) is 6.98. The van der Waals surface area contributed by atoms with Gasteiger partial charge in [-0.3, -0.25) is 9.79 Å². The molecule has 1 heterocycles. The first-order valence-corrected chi connectivity index (χ1v) is 11.8. The number of amides is 1. The van der Waals surface area contributed by atoms with Crippen molar-refractivity contribution in [3.8, 4) is 0 Å². The molecule has 0 aromatic heterocycles. The third kappa shape index (κ3) is 7.90. The van der Waals surface area contributed by atoms with Gasteiger partial charge in [-0.25, -0.2) is 0 Å². The molecule has 7 heteroatoms. The minimum Gasteiger partial charge on any atom is -0.355 e. The van der Waals surface area contributed by atoms with Gasteiger partial charge < -0.3 is 20.4 Å². The Bertz CT molecular complexity index is 459. The molecule has 2 aliphatic rings. The fourth-order valence-electron chi connectivity index (χ4n) is 3.82. The standard InChI is InChI=1S/C20H39N5OS/c1-4-5-11-24(3)12-10-22-20(21-2)23-18-8-6-17(7-9-18)19(26)25-13-15-27-16-14-25/h17-18H,4-16H2,1-3H3,(H2,21,22,23). The minimum absolute atomic E-state index is 0.230. The van der Waals surface area contributed by atoms with Crippen molar-refractivity contribution in [1.82, 2.24) is 20.4 Å². The first-order chi connectivity index (χ1) is 13.1. The zero-order valence-corrected chi connectivity index (χ0v) is 18.3. The van der Waals surface area contributed by atoms with Crippen LogP contribution < -0.4 is 10.6 Å². The summed E-state index contributed by atoms with van der Waals surface area (Å²) >= 11 is 1.96. The van der Waals surface area contributed by atoms with Crippen molar-refractivity contribution in [1.29, 1.82) is 0 Å². The number of thioether (sulfide) groups is 1. The predicted molar refractivity (Wildman–Crippen MR) is 117 cm³/mol. The smallest absolute Gasteiger partial charge is 0.225 e. The van der Waals surface area contributed by atoms with Gasteiger partial charge in [-0.05, 0) is 45.7 Å². The van der Waals surface area contributed by atoms with Crippen molar-refractivity contribution in [2.75, 3.05) is 58.3 Å². The zero-order valence-electron chi connectivity index (χ0n) is 17.5. The van der Waals surface area contributed by atoms with Crippen molar-refractivity contribution in [3.63, 3.8) is 0 Å². The molecule has 156 valence electrons. The van der Waals surface area contributed by atoms with Gasteiger partial charge >= 0.3 is 0 Å². The van der Waals surface area contributed by atoms with Crippen LogP contribution in [0.25, 0.3) is 0 Å². The van der Waals surface area contributed by atoms with Gasteiger partial charge in [-0.1, -0.05) is 13.3 Å². The molecule has 2 fully saturated rings. The molecule has 2 rings (SSSR count). The van der Waals surface area contributed by atoms with E-state index in [0.717, 1.165) is 75.9 Å². The van der Waals surface area contributed by atoms with Gasteiger partial charge in [0.25, 0.3) is 0 Å². The average Bonchev–Trinajstić information content (AvgIpc) is 2.72. The Morgan fingerprint density at radius 3 is 2.52 bits per heavy atom. The number of unbranched alkanes of at least 4 members (excludes halogenated alkanes) is 1. The summed E-state index contributed by atoms with van der Waals surface area (Å²) in [6.45, 7) is 7.18. The number of carbonyl (C=O) groups excluding carboxylic acids is 1. The molecule has 1 saturated carbocycles. The Balaban J connectivity index is 1.65. The highest BCUT2D eigenvalue weighted by molar-refractivity contribution is 7.99. The first-order valence-electron chi connectivity index (χ1n) is 10.7. The second-order valence-corrected chi connectivity index (χ2v) is 9.01. The lowest BCUT2D eigenvalue weighted by Gasteiger charge is -2.34. The van der Waals surface area contributed by atoms with Crippen LogP contribution in [-0.2, 0) is 4.79 Å². The van der Waals surface area contributed by atoms with E-state index in [1.54, 1.807) is 0 Å².